The van der Waals surface area contributed by atoms with Gasteiger partial charge in [-0.25, -0.2) is 0 Å². The van der Waals surface area contributed by atoms with Gasteiger partial charge in [-0.3, -0.25) is 14.5 Å². The Kier molecular flexibility index (Phi) is 5.31. The molecule has 0 radical (unpaired) electrons. The third-order valence-corrected chi connectivity index (χ3v) is 7.30. The molecule has 3 atom stereocenters. The number of imide groups is 1. The lowest BCUT2D eigenvalue weighted by Gasteiger charge is -2.37. The summed E-state index contributed by atoms with van der Waals surface area (Å²) in [5.74, 6) is -0.986. The van der Waals surface area contributed by atoms with E-state index in [-0.39, 0.29) is 29.9 Å². The van der Waals surface area contributed by atoms with Gasteiger partial charge in [0, 0.05) is 19.4 Å². The average Bonchev–Trinajstić information content (AvgIpc) is 3.36. The summed E-state index contributed by atoms with van der Waals surface area (Å²) < 4.78 is 13.5. The molecule has 2 fully saturated rings. The fraction of sp³-hybridized carbons (Fsp3) is 0.310. The van der Waals surface area contributed by atoms with Gasteiger partial charge in [-0.15, -0.1) is 0 Å². The molecule has 6 rings (SSSR count). The number of hydrogen-bond acceptors (Lipinski definition) is 4. The van der Waals surface area contributed by atoms with Gasteiger partial charge in [-0.1, -0.05) is 72.8 Å². The molecule has 3 aliphatic rings. The van der Waals surface area contributed by atoms with Crippen LogP contribution in [0.15, 0.2) is 84.9 Å². The van der Waals surface area contributed by atoms with Crippen LogP contribution in [0, 0.1) is 5.92 Å². The molecule has 172 valence electrons. The Morgan fingerprint density at radius 3 is 1.76 bits per heavy atom. The summed E-state index contributed by atoms with van der Waals surface area (Å²) in [6.07, 6.45) is 2.92. The van der Waals surface area contributed by atoms with E-state index in [0.29, 0.717) is 24.1 Å². The minimum Gasteiger partial charge on any atom is -0.339 e. The number of nitrogens with zero attached hydrogens (tertiary/aromatic N) is 1. The van der Waals surface area contributed by atoms with Crippen LogP contribution >= 0.6 is 0 Å². The Balaban J connectivity index is 1.25. The van der Waals surface area contributed by atoms with Crippen molar-refractivity contribution in [2.75, 3.05) is 6.54 Å². The number of ether oxygens (including phenoxy) is 2. The Morgan fingerprint density at radius 2 is 1.24 bits per heavy atom. The Morgan fingerprint density at radius 1 is 0.735 bits per heavy atom. The van der Waals surface area contributed by atoms with E-state index in [9.17, 15) is 9.59 Å². The highest BCUT2D eigenvalue weighted by atomic mass is 16.8. The van der Waals surface area contributed by atoms with Gasteiger partial charge in [-0.05, 0) is 42.0 Å². The number of amides is 2. The first-order chi connectivity index (χ1) is 16.6. The monoisotopic (exact) mass is 453 g/mol. The van der Waals surface area contributed by atoms with Gasteiger partial charge < -0.3 is 9.47 Å². The van der Waals surface area contributed by atoms with Gasteiger partial charge in [-0.2, -0.15) is 0 Å². The summed E-state index contributed by atoms with van der Waals surface area (Å²) >= 11 is 0. The van der Waals surface area contributed by atoms with Gasteiger partial charge in [0.2, 0.25) is 0 Å². The second kappa shape index (κ2) is 8.49. The average molecular weight is 454 g/mol. The first-order valence-corrected chi connectivity index (χ1v) is 12.0. The molecule has 3 aromatic rings. The van der Waals surface area contributed by atoms with Gasteiger partial charge >= 0.3 is 0 Å². The van der Waals surface area contributed by atoms with Crippen molar-refractivity contribution < 1.29 is 19.1 Å². The second-order valence-electron chi connectivity index (χ2n) is 9.54. The van der Waals surface area contributed by atoms with Gasteiger partial charge in [0.15, 0.2) is 5.79 Å². The lowest BCUT2D eigenvalue weighted by molar-refractivity contribution is -0.205. The van der Waals surface area contributed by atoms with Crippen LogP contribution in [-0.4, -0.2) is 29.0 Å². The maximum absolute atomic E-state index is 12.9. The quantitative estimate of drug-likeness (QED) is 0.476. The molecule has 0 unspecified atom stereocenters. The zero-order chi connectivity index (χ0) is 23.1. The molecular weight excluding hydrogens is 426 g/mol. The van der Waals surface area contributed by atoms with Crippen LogP contribution < -0.4 is 0 Å². The molecule has 2 amide bonds. The molecule has 1 aliphatic carbocycles. The van der Waals surface area contributed by atoms with Crippen molar-refractivity contribution in [2.24, 2.45) is 5.92 Å². The normalized spacial score (nSPS) is 25.6. The lowest BCUT2D eigenvalue weighted by atomic mass is 9.84. The van der Waals surface area contributed by atoms with E-state index in [2.05, 4.69) is 24.3 Å². The standard InChI is InChI=1S/C29H27NO4/c31-27-23-15-7-8-16-24(23)28(32)30(27)19-20-10-9-17-29(18-20)33-25(21-11-3-1-4-12-21)26(34-29)22-13-5-2-6-14-22/h1-8,11-16,20,25-26H,9-10,17-19H2/t20-,25+,26+/m0/s1. The minimum atomic E-state index is -0.720. The van der Waals surface area contributed by atoms with Crippen LogP contribution in [0.2, 0.25) is 0 Å². The van der Waals surface area contributed by atoms with E-state index in [1.165, 1.54) is 4.90 Å². The number of fused-ring (bicyclic) bond motifs is 1. The highest BCUT2D eigenvalue weighted by Crippen LogP contribution is 2.53. The minimum absolute atomic E-state index is 0.127. The van der Waals surface area contributed by atoms with E-state index in [1.54, 1.807) is 24.3 Å². The summed E-state index contributed by atoms with van der Waals surface area (Å²) in [6, 6.07) is 27.5. The molecule has 5 nitrogen and oxygen atoms in total. The van der Waals surface area contributed by atoms with Crippen LogP contribution in [-0.2, 0) is 9.47 Å². The highest BCUT2D eigenvalue weighted by Gasteiger charge is 2.51. The van der Waals surface area contributed by atoms with Gasteiger partial charge in [0.25, 0.3) is 11.8 Å². The van der Waals surface area contributed by atoms with Crippen molar-refractivity contribution in [2.45, 2.75) is 43.7 Å². The molecule has 1 saturated carbocycles. The van der Waals surface area contributed by atoms with Crippen molar-refractivity contribution in [1.29, 1.82) is 0 Å². The maximum atomic E-state index is 12.9. The summed E-state index contributed by atoms with van der Waals surface area (Å²) in [5.41, 5.74) is 3.19. The summed E-state index contributed by atoms with van der Waals surface area (Å²) in [6.45, 7) is 0.396. The zero-order valence-electron chi connectivity index (χ0n) is 18.9. The highest BCUT2D eigenvalue weighted by molar-refractivity contribution is 6.21. The third kappa shape index (κ3) is 3.65. The second-order valence-corrected chi connectivity index (χ2v) is 9.54. The number of carbonyl (C=O) groups excluding carboxylic acids is 2. The zero-order valence-corrected chi connectivity index (χ0v) is 18.9. The predicted octanol–water partition coefficient (Wildman–Crippen LogP) is 5.70. The molecule has 3 aromatic carbocycles. The van der Waals surface area contributed by atoms with Crippen molar-refractivity contribution in [3.05, 3.63) is 107 Å². The molecule has 0 bridgehead atoms. The number of rotatable bonds is 4. The summed E-state index contributed by atoms with van der Waals surface area (Å²) in [5, 5.41) is 0. The Bertz CT molecular complexity index is 1130. The Hall–Kier alpha value is -3.28. The smallest absolute Gasteiger partial charge is 0.261 e. The molecule has 2 heterocycles. The van der Waals surface area contributed by atoms with Crippen molar-refractivity contribution in [3.63, 3.8) is 0 Å². The van der Waals surface area contributed by atoms with Gasteiger partial charge in [0.1, 0.15) is 12.2 Å². The van der Waals surface area contributed by atoms with E-state index < -0.39 is 5.79 Å². The number of hydrogen-bond donors (Lipinski definition) is 0. The number of carbonyl (C=O) groups is 2. The fourth-order valence-electron chi connectivity index (χ4n) is 5.72. The topological polar surface area (TPSA) is 55.8 Å². The van der Waals surface area contributed by atoms with Crippen molar-refractivity contribution >= 4 is 11.8 Å². The third-order valence-electron chi connectivity index (χ3n) is 7.30. The van der Waals surface area contributed by atoms with Crippen LogP contribution in [0.5, 0.6) is 0 Å². The molecule has 1 spiro atoms. The van der Waals surface area contributed by atoms with E-state index in [1.807, 2.05) is 36.4 Å². The first-order valence-electron chi connectivity index (χ1n) is 12.0. The van der Waals surface area contributed by atoms with E-state index >= 15 is 0 Å². The number of benzene rings is 3. The van der Waals surface area contributed by atoms with Crippen molar-refractivity contribution in [1.82, 2.24) is 4.90 Å². The van der Waals surface area contributed by atoms with E-state index in [0.717, 1.165) is 30.4 Å². The molecular formula is C29H27NO4. The SMILES string of the molecule is O=C1c2ccccc2C(=O)N1C[C@H]1CCCC2(C1)O[C@H](c1ccccc1)[C@@H](c1ccccc1)O2. The molecule has 2 aliphatic heterocycles. The van der Waals surface area contributed by atoms with Crippen LogP contribution in [0.4, 0.5) is 0 Å². The Labute approximate surface area is 199 Å². The van der Waals surface area contributed by atoms with Gasteiger partial charge in [0.05, 0.1) is 11.1 Å². The predicted molar refractivity (Wildman–Crippen MR) is 127 cm³/mol. The van der Waals surface area contributed by atoms with Crippen LogP contribution in [0.25, 0.3) is 0 Å². The lowest BCUT2D eigenvalue weighted by Crippen LogP contribution is -2.42. The first kappa shape index (κ1) is 21.3. The molecule has 0 N–H and O–H groups in total. The van der Waals surface area contributed by atoms with Crippen molar-refractivity contribution in [3.8, 4) is 0 Å². The summed E-state index contributed by atoms with van der Waals surface area (Å²) in [7, 11) is 0. The van der Waals surface area contributed by atoms with Crippen LogP contribution in [0.3, 0.4) is 0 Å². The largest absolute Gasteiger partial charge is 0.339 e. The molecule has 5 heteroatoms. The van der Waals surface area contributed by atoms with E-state index in [4.69, 9.17) is 9.47 Å². The maximum Gasteiger partial charge on any atom is 0.261 e. The fourth-order valence-corrected chi connectivity index (χ4v) is 5.72. The van der Waals surface area contributed by atoms with Crippen LogP contribution in [0.1, 0.15) is 69.7 Å². The summed E-state index contributed by atoms with van der Waals surface area (Å²) in [4.78, 5) is 27.2. The molecule has 0 aromatic heterocycles. The molecule has 1 saturated heterocycles. The molecule has 34 heavy (non-hydrogen) atoms.